The van der Waals surface area contributed by atoms with Gasteiger partial charge in [0.25, 0.3) is 0 Å². The molecule has 0 radical (unpaired) electrons. The molecule has 1 aromatic carbocycles. The monoisotopic (exact) mass is 567 g/mol. The third-order valence-electron chi connectivity index (χ3n) is 10.0. The Morgan fingerprint density at radius 3 is 2.34 bits per heavy atom. The fourth-order valence-electron chi connectivity index (χ4n) is 7.82. The zero-order chi connectivity index (χ0) is 30.4. The van der Waals surface area contributed by atoms with Gasteiger partial charge in [-0.2, -0.15) is 0 Å². The van der Waals surface area contributed by atoms with E-state index in [9.17, 15) is 24.6 Å². The zero-order valence-electron chi connectivity index (χ0n) is 25.3. The van der Waals surface area contributed by atoms with Crippen LogP contribution in [-0.2, 0) is 23.9 Å². The van der Waals surface area contributed by atoms with Crippen molar-refractivity contribution < 1.29 is 34.1 Å². The molecule has 0 unspecified atom stereocenters. The van der Waals surface area contributed by atoms with Crippen LogP contribution in [0.5, 0.6) is 0 Å². The molecule has 8 atom stereocenters. The second kappa shape index (κ2) is 11.5. The lowest BCUT2D eigenvalue weighted by Gasteiger charge is -2.58. The molecule has 1 aromatic rings. The number of aliphatic hydroxyl groups is 2. The smallest absolute Gasteiger partial charge is 0.308 e. The highest BCUT2D eigenvalue weighted by atomic mass is 16.6. The number of esters is 2. The molecule has 2 fully saturated rings. The second-order valence-corrected chi connectivity index (χ2v) is 13.1. The predicted octanol–water partition coefficient (Wildman–Crippen LogP) is 4.16. The molecule has 0 aromatic heterocycles. The normalized spacial score (nSPS) is 33.9. The first-order valence-electron chi connectivity index (χ1n) is 14.5. The fraction of sp³-hybridized carbons (Fsp3) is 0.606. The van der Waals surface area contributed by atoms with E-state index in [0.29, 0.717) is 29.6 Å². The summed E-state index contributed by atoms with van der Waals surface area (Å²) in [5.74, 6) is -2.29. The molecule has 0 heterocycles. The Bertz CT molecular complexity index is 1240. The van der Waals surface area contributed by atoms with Crippen molar-refractivity contribution in [1.29, 1.82) is 0 Å². The molecule has 224 valence electrons. The molecule has 41 heavy (non-hydrogen) atoms. The first kappa shape index (κ1) is 31.1. The number of Topliss-reactive ketones (excluding diaryl/α,β-unsaturated/α-hetero) is 1. The van der Waals surface area contributed by atoms with Gasteiger partial charge in [0.1, 0.15) is 18.3 Å². The summed E-state index contributed by atoms with van der Waals surface area (Å²) in [7, 11) is 3.83. The van der Waals surface area contributed by atoms with Gasteiger partial charge >= 0.3 is 11.9 Å². The molecule has 3 aliphatic carbocycles. The lowest BCUT2D eigenvalue weighted by molar-refractivity contribution is -0.187. The van der Waals surface area contributed by atoms with Crippen LogP contribution in [0.3, 0.4) is 0 Å². The molecule has 3 aliphatic rings. The van der Waals surface area contributed by atoms with E-state index in [0.717, 1.165) is 5.56 Å². The third-order valence-corrected chi connectivity index (χ3v) is 10.0. The number of carbonyl (C=O) groups is 3. The van der Waals surface area contributed by atoms with Gasteiger partial charge in [-0.1, -0.05) is 57.7 Å². The summed E-state index contributed by atoms with van der Waals surface area (Å²) in [4.78, 5) is 40.7. The van der Waals surface area contributed by atoms with E-state index >= 15 is 0 Å². The van der Waals surface area contributed by atoms with Gasteiger partial charge in [-0.3, -0.25) is 14.4 Å². The van der Waals surface area contributed by atoms with Crippen molar-refractivity contribution in [3.63, 3.8) is 0 Å². The van der Waals surface area contributed by atoms with Gasteiger partial charge in [0, 0.05) is 36.6 Å². The third kappa shape index (κ3) is 5.54. The Balaban J connectivity index is 1.68. The second-order valence-electron chi connectivity index (χ2n) is 13.1. The number of ether oxygens (including phenoxy) is 2. The minimum atomic E-state index is -1.24. The number of ketones is 1. The summed E-state index contributed by atoms with van der Waals surface area (Å²) in [6.07, 6.45) is -2.90. The lowest BCUT2D eigenvalue weighted by atomic mass is 9.49. The topological polar surface area (TPSA) is 113 Å². The van der Waals surface area contributed by atoms with Crippen molar-refractivity contribution in [2.24, 2.45) is 22.7 Å². The number of hydrogen-bond donors (Lipinski definition) is 2. The Kier molecular flexibility index (Phi) is 8.70. The molecular weight excluding hydrogens is 522 g/mol. The Morgan fingerprint density at radius 1 is 1.12 bits per heavy atom. The Hall–Kier alpha value is -2.81. The summed E-state index contributed by atoms with van der Waals surface area (Å²) >= 11 is 0. The van der Waals surface area contributed by atoms with Crippen molar-refractivity contribution in [3.8, 4) is 0 Å². The van der Waals surface area contributed by atoms with E-state index in [2.05, 4.69) is 6.58 Å². The number of fused-ring (bicyclic) bond motifs is 3. The number of nitrogens with zero attached hydrogens (tertiary/aromatic N) is 1. The highest BCUT2D eigenvalue weighted by molar-refractivity contribution is 5.97. The molecule has 2 bridgehead atoms. The van der Waals surface area contributed by atoms with Crippen LogP contribution in [0.25, 0.3) is 0 Å². The van der Waals surface area contributed by atoms with E-state index in [1.54, 1.807) is 6.92 Å². The van der Waals surface area contributed by atoms with Crippen molar-refractivity contribution in [2.75, 3.05) is 14.1 Å². The SMILES string of the molecule is C=C1[C@@H](OC(=O)C[C@H](c2ccccc2)N(C)C)CC[C@@]2(C)[C@@H](OC(C)=O)[C@H](O)C3=C(C)C(=O)C[C@@H]([C@@H](O)[C@H]12)C3(C)C. The van der Waals surface area contributed by atoms with Crippen LogP contribution in [0.15, 0.2) is 53.6 Å². The minimum absolute atomic E-state index is 0.125. The number of aliphatic hydroxyl groups excluding tert-OH is 2. The van der Waals surface area contributed by atoms with Crippen LogP contribution < -0.4 is 0 Å². The number of allylic oxidation sites excluding steroid dienone is 1. The number of carbonyl (C=O) groups excluding carboxylic acids is 3. The highest BCUT2D eigenvalue weighted by Gasteiger charge is 2.62. The minimum Gasteiger partial charge on any atom is -0.459 e. The molecule has 0 spiro atoms. The van der Waals surface area contributed by atoms with Crippen molar-refractivity contribution in [2.45, 2.75) is 90.8 Å². The van der Waals surface area contributed by atoms with Gasteiger partial charge in [0.2, 0.25) is 0 Å². The Morgan fingerprint density at radius 2 is 1.76 bits per heavy atom. The fourth-order valence-corrected chi connectivity index (χ4v) is 7.82. The van der Waals surface area contributed by atoms with Crippen LogP contribution in [0.2, 0.25) is 0 Å². The standard InChI is InChI=1S/C33H45NO7/c1-18-24(36)16-22-29(38)28-19(2)25(41-26(37)17-23(34(7)8)21-12-10-9-11-13-21)14-15-33(28,6)31(40-20(3)35)30(39)27(18)32(22,4)5/h9-13,22-23,25,28-31,38-39H,2,14-17H2,1,3-8H3/t22-,23+,25-,28-,29+,30+,31-,33+/m0/s1. The zero-order valence-corrected chi connectivity index (χ0v) is 25.3. The molecule has 8 heteroatoms. The first-order chi connectivity index (χ1) is 19.1. The van der Waals surface area contributed by atoms with Crippen molar-refractivity contribution >= 4 is 17.7 Å². The average Bonchev–Trinajstić information content (AvgIpc) is 2.89. The van der Waals surface area contributed by atoms with Crippen molar-refractivity contribution in [1.82, 2.24) is 4.90 Å². The van der Waals surface area contributed by atoms with Gasteiger partial charge in [0.15, 0.2) is 5.78 Å². The maximum absolute atomic E-state index is 13.3. The molecule has 2 N–H and O–H groups in total. The molecule has 0 amide bonds. The van der Waals surface area contributed by atoms with Crippen LogP contribution in [0.4, 0.5) is 0 Å². The summed E-state index contributed by atoms with van der Waals surface area (Å²) in [5, 5.41) is 23.9. The maximum atomic E-state index is 13.3. The summed E-state index contributed by atoms with van der Waals surface area (Å²) in [5.41, 5.74) is 0.819. The summed E-state index contributed by atoms with van der Waals surface area (Å²) < 4.78 is 11.9. The van der Waals surface area contributed by atoms with E-state index in [4.69, 9.17) is 9.47 Å². The van der Waals surface area contributed by atoms with Crippen molar-refractivity contribution in [3.05, 3.63) is 59.2 Å². The number of hydrogen-bond acceptors (Lipinski definition) is 8. The van der Waals surface area contributed by atoms with E-state index in [1.165, 1.54) is 6.92 Å². The van der Waals surface area contributed by atoms with Gasteiger partial charge in [0.05, 0.1) is 12.5 Å². The van der Waals surface area contributed by atoms with E-state index in [-0.39, 0.29) is 30.6 Å². The Labute approximate surface area is 243 Å². The lowest BCUT2D eigenvalue weighted by Crippen LogP contribution is -2.62. The van der Waals surface area contributed by atoms with E-state index in [1.807, 2.05) is 70.1 Å². The summed E-state index contributed by atoms with van der Waals surface area (Å²) in [6.45, 7) is 13.0. The molecule has 2 saturated carbocycles. The predicted molar refractivity (Wildman–Crippen MR) is 155 cm³/mol. The average molecular weight is 568 g/mol. The highest BCUT2D eigenvalue weighted by Crippen LogP contribution is 2.59. The number of benzene rings is 1. The van der Waals surface area contributed by atoms with Crippen LogP contribution in [-0.4, -0.2) is 71.3 Å². The molecule has 0 saturated heterocycles. The van der Waals surface area contributed by atoms with Crippen LogP contribution >= 0.6 is 0 Å². The largest absolute Gasteiger partial charge is 0.459 e. The molecule has 0 aliphatic heterocycles. The molecule has 4 rings (SSSR count). The van der Waals surface area contributed by atoms with Crippen LogP contribution in [0, 0.1) is 22.7 Å². The number of rotatable bonds is 6. The maximum Gasteiger partial charge on any atom is 0.308 e. The van der Waals surface area contributed by atoms with Gasteiger partial charge < -0.3 is 24.6 Å². The summed E-state index contributed by atoms with van der Waals surface area (Å²) in [6, 6.07) is 9.58. The van der Waals surface area contributed by atoms with Gasteiger partial charge in [-0.25, -0.2) is 0 Å². The van der Waals surface area contributed by atoms with Crippen LogP contribution in [0.1, 0.15) is 71.9 Å². The van der Waals surface area contributed by atoms with E-state index < -0.39 is 53.1 Å². The van der Waals surface area contributed by atoms with Gasteiger partial charge in [-0.15, -0.1) is 0 Å². The molecular formula is C33H45NO7. The first-order valence-corrected chi connectivity index (χ1v) is 14.5. The molecule has 8 nitrogen and oxygen atoms in total. The van der Waals surface area contributed by atoms with Gasteiger partial charge in [-0.05, 0) is 61.6 Å². The quantitative estimate of drug-likeness (QED) is 0.389.